The van der Waals surface area contributed by atoms with Crippen molar-refractivity contribution in [3.8, 4) is 0 Å². The van der Waals surface area contributed by atoms with Crippen LogP contribution in [-0.4, -0.2) is 0 Å². The normalized spacial score (nSPS) is 0. The summed E-state index contributed by atoms with van der Waals surface area (Å²) in [6.45, 7) is 0. The average Bonchev–Trinajstić information content (AvgIpc) is 0. The molecule has 0 aromatic rings. The summed E-state index contributed by atoms with van der Waals surface area (Å²) in [5.74, 6) is 0. The second-order valence-electron chi connectivity index (χ2n) is 0. The SMILES string of the molecule is [CH3-].[Y].[Y].[Y].[Y].[Y].[Y].[Y].[Y].[Y].[Y].[Y].[Y].[Y].[Y].[Y].[Y].[Y].[Y].[Y].[Y].[Y].[Y].[Y].[Y].[Y].[Y].[Y].[Y].[Y].[Y].[Y].[Y].[Y].[Y].[Y].[Y].[Y].[Y].[Y].[Y].[Y].[Y].[Y].[Y].[Y].[Y].[Y].[Y].[Y].[Y].[Y].[Y].[Y].[Y].[Y].[Y].[Y].[Y].[Y].[Y].[Y].[Y].[Y].[Y].[Y].[Y].[Y]. The minimum Gasteiger partial charge on any atom is -0.358 e. The van der Waals surface area contributed by atoms with Crippen LogP contribution < -0.4 is 0 Å². The first-order chi connectivity index (χ1) is 0. The van der Waals surface area contributed by atoms with E-state index in [1.54, 1.807) is 0 Å². The molecule has 0 aliphatic rings. The molecule has 0 unspecified atom stereocenters. The summed E-state index contributed by atoms with van der Waals surface area (Å²) in [5, 5.41) is 0. The molecule has 0 aliphatic heterocycles. The number of rotatable bonds is 0. The first-order valence-electron chi connectivity index (χ1n) is 0. The molecule has 0 aromatic heterocycles. The summed E-state index contributed by atoms with van der Waals surface area (Å²) in [6.07, 6.45) is 0. The molecule has 0 N–H and O–H groups in total. The molecule has 209 valence electrons. The predicted molar refractivity (Wildman–Crippen MR) is 6.41 cm³/mol. The van der Waals surface area contributed by atoms with Gasteiger partial charge in [0, 0.05) is 2190 Å². The average molecular weight is 5970 g/mol. The Labute approximate surface area is 2110 Å². The molecular formula is CH3Y67-. The van der Waals surface area contributed by atoms with Gasteiger partial charge in [0.1, 0.15) is 0 Å². The van der Waals surface area contributed by atoms with E-state index in [9.17, 15) is 0 Å². The van der Waals surface area contributed by atoms with Gasteiger partial charge in [0.05, 0.1) is 0 Å². The van der Waals surface area contributed by atoms with E-state index in [1.807, 2.05) is 0 Å². The fourth-order valence-corrected chi connectivity index (χ4v) is 0. The van der Waals surface area contributed by atoms with Crippen LogP contribution in [0, 0.1) is 7.43 Å². The van der Waals surface area contributed by atoms with Crippen molar-refractivity contribution in [3.63, 3.8) is 0 Å². The van der Waals surface area contributed by atoms with Crippen LogP contribution in [0.2, 0.25) is 0 Å². The molecule has 0 spiro atoms. The Morgan fingerprint density at radius 1 is 0.0294 bits per heavy atom. The van der Waals surface area contributed by atoms with Crippen LogP contribution in [0.4, 0.5) is 0 Å². The second kappa shape index (κ2) is 505. The Morgan fingerprint density at radius 3 is 0.0294 bits per heavy atom. The third-order valence-electron chi connectivity index (χ3n) is 0. The van der Waals surface area contributed by atoms with Crippen LogP contribution in [-0.2, 0) is 2190 Å². The van der Waals surface area contributed by atoms with E-state index in [-0.39, 0.29) is 2200 Å². The Balaban J connectivity index is 0. The first-order valence-corrected chi connectivity index (χ1v) is 0. The maximum atomic E-state index is 0. The number of hydrogen-bond acceptors (Lipinski definition) is 0. The minimum atomic E-state index is 0. The Bertz CT molecular complexity index is 7.52. The van der Waals surface area contributed by atoms with E-state index in [0.29, 0.717) is 0 Å². The van der Waals surface area contributed by atoms with Crippen LogP contribution in [0.5, 0.6) is 0 Å². The first kappa shape index (κ1) is 516. The van der Waals surface area contributed by atoms with Crippen molar-refractivity contribution in [2.45, 2.75) is 0 Å². The largest absolute Gasteiger partial charge is 0.358 e. The molecule has 0 heterocycles. The summed E-state index contributed by atoms with van der Waals surface area (Å²) < 4.78 is 0. The summed E-state index contributed by atoms with van der Waals surface area (Å²) in [4.78, 5) is 0. The van der Waals surface area contributed by atoms with Crippen LogP contribution >= 0.6 is 0 Å². The molecule has 0 aromatic carbocycles. The smallest absolute Gasteiger partial charge is 0 e. The van der Waals surface area contributed by atoms with Gasteiger partial charge in [-0.05, 0) is 0 Å². The van der Waals surface area contributed by atoms with Crippen molar-refractivity contribution < 1.29 is 2190 Å². The molecule has 0 aliphatic carbocycles. The van der Waals surface area contributed by atoms with Crippen molar-refractivity contribution in [2.24, 2.45) is 0 Å². The standard InChI is InChI=1S/CH3.67Y/h1H3;;;;;;;;;;;;;;;;;;;;;;;;;;;;;;;;;;;;;;;;;;;;;;;;;;;;;;;;;;;;;;;;;;;/q-1;;;;;;;;;;;;;;;;;;;;;;;;;;;;;;;;;;;;;;;;;;;;;;;;;;;;;;;;;;;;;;;;;;;. The molecule has 0 fully saturated rings. The zero-order valence-corrected chi connectivity index (χ0v) is 230. The van der Waals surface area contributed by atoms with Gasteiger partial charge in [-0.15, -0.1) is 0 Å². The van der Waals surface area contributed by atoms with Gasteiger partial charge in [0.25, 0.3) is 0 Å². The van der Waals surface area contributed by atoms with Gasteiger partial charge in [0.2, 0.25) is 0 Å². The third-order valence-corrected chi connectivity index (χ3v) is 0. The van der Waals surface area contributed by atoms with Crippen molar-refractivity contribution >= 4 is 0 Å². The van der Waals surface area contributed by atoms with Crippen molar-refractivity contribution in [3.05, 3.63) is 7.43 Å². The van der Waals surface area contributed by atoms with Gasteiger partial charge in [-0.25, -0.2) is 0 Å². The molecule has 67 heteroatoms. The predicted octanol–water partition coefficient (Wildman–Crippen LogP) is 0.283. The van der Waals surface area contributed by atoms with Crippen molar-refractivity contribution in [2.75, 3.05) is 0 Å². The van der Waals surface area contributed by atoms with Gasteiger partial charge in [0.15, 0.2) is 0 Å². The van der Waals surface area contributed by atoms with Gasteiger partial charge in [-0.1, -0.05) is 0 Å². The molecule has 0 rings (SSSR count). The Morgan fingerprint density at radius 2 is 0.0294 bits per heavy atom. The molecule has 68 heavy (non-hydrogen) atoms. The van der Waals surface area contributed by atoms with E-state index in [4.69, 9.17) is 0 Å². The molecule has 0 saturated carbocycles. The minimum absolute atomic E-state index is 0. The van der Waals surface area contributed by atoms with Crippen molar-refractivity contribution in [1.29, 1.82) is 0 Å². The second-order valence-corrected chi connectivity index (χ2v) is 0. The fraction of sp³-hybridized carbons (Fsp3) is 0. The van der Waals surface area contributed by atoms with E-state index in [2.05, 4.69) is 0 Å². The molecule has 0 saturated heterocycles. The zero-order valence-electron chi connectivity index (χ0n) is 39.7. The summed E-state index contributed by atoms with van der Waals surface area (Å²) >= 11 is 0. The van der Waals surface area contributed by atoms with Crippen LogP contribution in [0.1, 0.15) is 0 Å². The zero-order chi connectivity index (χ0) is 0. The van der Waals surface area contributed by atoms with Crippen LogP contribution in [0.3, 0.4) is 0 Å². The summed E-state index contributed by atoms with van der Waals surface area (Å²) in [7, 11) is 0. The molecule has 0 atom stereocenters. The molecule has 0 nitrogen and oxygen atoms in total. The fourth-order valence-electron chi connectivity index (χ4n) is 0. The Kier molecular flexibility index (Phi) is 3830. The van der Waals surface area contributed by atoms with Gasteiger partial charge in [-0.3, -0.25) is 0 Å². The topological polar surface area (TPSA) is 0 Å². The summed E-state index contributed by atoms with van der Waals surface area (Å²) in [5.41, 5.74) is 0. The quantitative estimate of drug-likeness (QED) is 0.307. The Hall–Kier alpha value is 74.0. The van der Waals surface area contributed by atoms with Crippen LogP contribution in [0.25, 0.3) is 0 Å². The molecular weight excluding hydrogens is 5970 g/mol. The van der Waals surface area contributed by atoms with Gasteiger partial charge < -0.3 is 7.43 Å². The van der Waals surface area contributed by atoms with E-state index < -0.39 is 0 Å². The third kappa shape index (κ3) is 494. The van der Waals surface area contributed by atoms with Gasteiger partial charge >= 0.3 is 0 Å². The molecule has 0 bridgehead atoms. The number of hydrogen-bond donors (Lipinski definition) is 0. The maximum absolute atomic E-state index is 0. The molecule has 0 amide bonds. The van der Waals surface area contributed by atoms with E-state index in [1.165, 1.54) is 0 Å². The van der Waals surface area contributed by atoms with Crippen molar-refractivity contribution in [1.82, 2.24) is 0 Å². The monoisotopic (exact) mass is 5970 g/mol. The van der Waals surface area contributed by atoms with E-state index >= 15 is 0 Å². The van der Waals surface area contributed by atoms with E-state index in [0.717, 1.165) is 0 Å². The van der Waals surface area contributed by atoms with Gasteiger partial charge in [-0.2, -0.15) is 0 Å². The summed E-state index contributed by atoms with van der Waals surface area (Å²) in [6, 6.07) is 0. The van der Waals surface area contributed by atoms with Crippen LogP contribution in [0.15, 0.2) is 0 Å². The molecule has 67 radical (unpaired) electrons. The maximum Gasteiger partial charge on any atom is 0 e.